The lowest BCUT2D eigenvalue weighted by Gasteiger charge is -2.37. The van der Waals surface area contributed by atoms with E-state index in [1.165, 1.54) is 0 Å². The van der Waals surface area contributed by atoms with Gasteiger partial charge in [0.05, 0.1) is 11.2 Å². The summed E-state index contributed by atoms with van der Waals surface area (Å²) in [6, 6.07) is 37.6. The van der Waals surface area contributed by atoms with Gasteiger partial charge in [-0.2, -0.15) is 5.10 Å². The molecule has 0 bridgehead atoms. The van der Waals surface area contributed by atoms with Gasteiger partial charge in [-0.15, -0.1) is 0 Å². The van der Waals surface area contributed by atoms with Crippen molar-refractivity contribution in [3.05, 3.63) is 149 Å². The number of hydrogen-bond donors (Lipinski definition) is 0. The largest absolute Gasteiger partial charge is 0.262 e. The zero-order valence-electron chi connectivity index (χ0n) is 20.6. The van der Waals surface area contributed by atoms with Gasteiger partial charge in [-0.1, -0.05) is 103 Å². The van der Waals surface area contributed by atoms with E-state index in [0.717, 1.165) is 50.2 Å². The van der Waals surface area contributed by atoms with Crippen LogP contribution in [0.2, 0.25) is 5.15 Å². The molecule has 0 aliphatic heterocycles. The average Bonchev–Trinajstić information content (AvgIpc) is 3.31. The molecule has 3 aromatic carbocycles. The molecule has 37 heavy (non-hydrogen) atoms. The van der Waals surface area contributed by atoms with Gasteiger partial charge >= 0.3 is 0 Å². The van der Waals surface area contributed by atoms with E-state index < -0.39 is 5.54 Å². The highest BCUT2D eigenvalue weighted by Gasteiger charge is 2.41. The van der Waals surface area contributed by atoms with Crippen LogP contribution < -0.4 is 0 Å². The molecule has 0 saturated heterocycles. The molecule has 0 amide bonds. The summed E-state index contributed by atoms with van der Waals surface area (Å²) < 4.78 is 2.13. The number of nitrogens with zero attached hydrogens (tertiary/aromatic N) is 4. The first-order valence-electron chi connectivity index (χ1n) is 12.2. The van der Waals surface area contributed by atoms with Crippen molar-refractivity contribution in [2.45, 2.75) is 19.4 Å². The molecule has 0 N–H and O–H groups in total. The van der Waals surface area contributed by atoms with E-state index in [4.69, 9.17) is 16.7 Å². The molecule has 0 atom stereocenters. The van der Waals surface area contributed by atoms with Crippen LogP contribution in [0.5, 0.6) is 0 Å². The summed E-state index contributed by atoms with van der Waals surface area (Å²) >= 11 is 6.60. The zero-order valence-corrected chi connectivity index (χ0v) is 21.4. The van der Waals surface area contributed by atoms with Crippen LogP contribution in [-0.2, 0) is 5.54 Å². The van der Waals surface area contributed by atoms with Gasteiger partial charge in [0.2, 0.25) is 0 Å². The Bertz CT molecular complexity index is 1600. The molecule has 6 rings (SSSR count). The number of hydrogen-bond acceptors (Lipinski definition) is 3. The van der Waals surface area contributed by atoms with Crippen molar-refractivity contribution < 1.29 is 0 Å². The van der Waals surface area contributed by atoms with E-state index in [1.54, 1.807) is 0 Å². The molecule has 3 heterocycles. The minimum atomic E-state index is -0.764. The van der Waals surface area contributed by atoms with Gasteiger partial charge in [-0.05, 0) is 42.7 Å². The summed E-state index contributed by atoms with van der Waals surface area (Å²) in [5.41, 5.74) is 7.06. The van der Waals surface area contributed by atoms with Crippen molar-refractivity contribution >= 4 is 22.5 Å². The molecule has 0 unspecified atom stereocenters. The number of aryl methyl sites for hydroxylation is 2. The summed E-state index contributed by atoms with van der Waals surface area (Å²) in [4.78, 5) is 9.03. The molecule has 4 nitrogen and oxygen atoms in total. The Hall–Kier alpha value is -4.28. The highest BCUT2D eigenvalue weighted by Crippen LogP contribution is 2.44. The predicted molar refractivity (Wildman–Crippen MR) is 150 cm³/mol. The minimum Gasteiger partial charge on any atom is -0.262 e. The van der Waals surface area contributed by atoms with Gasteiger partial charge in [-0.25, -0.2) is 9.67 Å². The number of aromatic nitrogens is 4. The highest BCUT2D eigenvalue weighted by atomic mass is 35.5. The number of fused-ring (bicyclic) bond motifs is 1. The van der Waals surface area contributed by atoms with E-state index in [-0.39, 0.29) is 0 Å². The van der Waals surface area contributed by atoms with Crippen molar-refractivity contribution in [3.63, 3.8) is 0 Å². The second kappa shape index (κ2) is 9.30. The van der Waals surface area contributed by atoms with Gasteiger partial charge in [-0.3, -0.25) is 4.98 Å². The molecule has 5 heteroatoms. The lowest BCUT2D eigenvalue weighted by Crippen LogP contribution is -2.38. The van der Waals surface area contributed by atoms with E-state index in [1.807, 2.05) is 50.4 Å². The van der Waals surface area contributed by atoms with Gasteiger partial charge in [0, 0.05) is 28.9 Å². The first kappa shape index (κ1) is 23.1. The van der Waals surface area contributed by atoms with Crippen molar-refractivity contribution in [2.24, 2.45) is 0 Å². The van der Waals surface area contributed by atoms with Gasteiger partial charge in [0.1, 0.15) is 16.4 Å². The molecular weight excluding hydrogens is 476 g/mol. The lowest BCUT2D eigenvalue weighted by molar-refractivity contribution is 0.477. The second-order valence-corrected chi connectivity index (χ2v) is 9.57. The maximum atomic E-state index is 6.60. The van der Waals surface area contributed by atoms with Crippen LogP contribution in [0.15, 0.2) is 115 Å². The first-order chi connectivity index (χ1) is 18.1. The summed E-state index contributed by atoms with van der Waals surface area (Å²) in [5.74, 6) is 0. The number of benzene rings is 3. The van der Waals surface area contributed by atoms with Crippen LogP contribution in [0.3, 0.4) is 0 Å². The summed E-state index contributed by atoms with van der Waals surface area (Å²) in [7, 11) is 0. The van der Waals surface area contributed by atoms with Crippen molar-refractivity contribution in [3.8, 4) is 11.3 Å². The standard InChI is InChI=1S/C32H25ClN4/c1-22-20-24(18-19-34-22)31-30-23(2)35-29(33)21-28(30)37(36-31)32(25-12-6-3-7-13-25,26-14-8-4-9-15-26)27-16-10-5-11-17-27/h3-21H,1-2H3. The average molecular weight is 501 g/mol. The van der Waals surface area contributed by atoms with Crippen molar-refractivity contribution in [1.29, 1.82) is 0 Å². The third-order valence-corrected chi connectivity index (χ3v) is 7.07. The van der Waals surface area contributed by atoms with Crippen LogP contribution in [0.25, 0.3) is 22.2 Å². The monoisotopic (exact) mass is 500 g/mol. The Balaban J connectivity index is 1.83. The van der Waals surface area contributed by atoms with E-state index in [2.05, 4.69) is 93.5 Å². The number of pyridine rings is 2. The summed E-state index contributed by atoms with van der Waals surface area (Å²) in [6.07, 6.45) is 1.83. The fourth-order valence-corrected chi connectivity index (χ4v) is 5.57. The van der Waals surface area contributed by atoms with Gasteiger partial charge in [0.25, 0.3) is 0 Å². The number of halogens is 1. The molecule has 0 aliphatic carbocycles. The van der Waals surface area contributed by atoms with Crippen LogP contribution in [0.4, 0.5) is 0 Å². The molecule has 3 aromatic heterocycles. The van der Waals surface area contributed by atoms with E-state index in [9.17, 15) is 0 Å². The smallest absolute Gasteiger partial charge is 0.138 e. The second-order valence-electron chi connectivity index (χ2n) is 9.18. The maximum Gasteiger partial charge on any atom is 0.138 e. The molecule has 0 spiro atoms. The molecule has 0 radical (unpaired) electrons. The maximum absolute atomic E-state index is 6.60. The molecule has 0 saturated carbocycles. The fraction of sp³-hybridized carbons (Fsp3) is 0.0938. The highest BCUT2D eigenvalue weighted by molar-refractivity contribution is 6.30. The SMILES string of the molecule is Cc1cc(-c2nn(C(c3ccccc3)(c3ccccc3)c3ccccc3)c3cc(Cl)nc(C)c23)ccn1. The Labute approximate surface area is 221 Å². The molecular formula is C32H25ClN4. The van der Waals surface area contributed by atoms with Gasteiger partial charge in [0.15, 0.2) is 0 Å². The first-order valence-corrected chi connectivity index (χ1v) is 12.6. The number of rotatable bonds is 5. The minimum absolute atomic E-state index is 0.437. The fourth-order valence-electron chi connectivity index (χ4n) is 5.34. The van der Waals surface area contributed by atoms with Crippen molar-refractivity contribution in [1.82, 2.24) is 19.7 Å². The Morgan fingerprint density at radius 2 is 1.24 bits per heavy atom. The van der Waals surface area contributed by atoms with Crippen LogP contribution >= 0.6 is 11.6 Å². The summed E-state index contributed by atoms with van der Waals surface area (Å²) in [6.45, 7) is 3.99. The summed E-state index contributed by atoms with van der Waals surface area (Å²) in [5, 5.41) is 6.81. The quantitative estimate of drug-likeness (QED) is 0.181. The van der Waals surface area contributed by atoms with Crippen LogP contribution in [0.1, 0.15) is 28.1 Å². The van der Waals surface area contributed by atoms with Crippen molar-refractivity contribution in [2.75, 3.05) is 0 Å². The van der Waals surface area contributed by atoms with Gasteiger partial charge < -0.3 is 0 Å². The lowest BCUT2D eigenvalue weighted by atomic mass is 9.77. The molecule has 6 aromatic rings. The predicted octanol–water partition coefficient (Wildman–Crippen LogP) is 7.60. The Morgan fingerprint density at radius 3 is 1.76 bits per heavy atom. The zero-order chi connectivity index (χ0) is 25.4. The molecule has 0 fully saturated rings. The van der Waals surface area contributed by atoms with Crippen LogP contribution in [0, 0.1) is 13.8 Å². The topological polar surface area (TPSA) is 43.6 Å². The molecule has 180 valence electrons. The van der Waals surface area contributed by atoms with Crippen LogP contribution in [-0.4, -0.2) is 19.7 Å². The normalized spacial score (nSPS) is 11.6. The third kappa shape index (κ3) is 3.81. The Morgan fingerprint density at radius 1 is 0.703 bits per heavy atom. The molecule has 0 aliphatic rings. The Kier molecular flexibility index (Phi) is 5.82. The third-order valence-electron chi connectivity index (χ3n) is 6.88. The van der Waals surface area contributed by atoms with E-state index in [0.29, 0.717) is 5.15 Å². The van der Waals surface area contributed by atoms with E-state index >= 15 is 0 Å².